The van der Waals surface area contributed by atoms with Crippen LogP contribution < -0.4 is 9.47 Å². The van der Waals surface area contributed by atoms with Crippen LogP contribution in [0.2, 0.25) is 0 Å². The van der Waals surface area contributed by atoms with E-state index in [0.29, 0.717) is 33.6 Å². The van der Waals surface area contributed by atoms with E-state index in [1.807, 2.05) is 30.3 Å². The van der Waals surface area contributed by atoms with Gasteiger partial charge in [-0.15, -0.1) is 0 Å². The molecule has 8 heteroatoms. The van der Waals surface area contributed by atoms with Crippen molar-refractivity contribution in [2.24, 2.45) is 0 Å². The Kier molecular flexibility index (Phi) is 7.00. The molecular formula is C31H21NO7. The smallest absolute Gasteiger partial charge is 0.348 e. The summed E-state index contributed by atoms with van der Waals surface area (Å²) < 4.78 is 17.0. The normalized spacial score (nSPS) is 11.0. The first kappa shape index (κ1) is 25.2. The number of benzene rings is 4. The summed E-state index contributed by atoms with van der Waals surface area (Å²) in [7, 11) is 1.54. The molecule has 0 aliphatic carbocycles. The molecule has 0 aliphatic heterocycles. The molecular weight excluding hydrogens is 498 g/mol. The van der Waals surface area contributed by atoms with Gasteiger partial charge in [0.25, 0.3) is 5.69 Å². The lowest BCUT2D eigenvalue weighted by atomic mass is 10.1. The van der Waals surface area contributed by atoms with E-state index < -0.39 is 10.9 Å². The number of non-ortho nitro benzene ring substituents is 1. The number of furan rings is 1. The van der Waals surface area contributed by atoms with Crippen molar-refractivity contribution < 1.29 is 28.4 Å². The molecule has 0 amide bonds. The molecule has 5 aromatic rings. The number of nitrogens with zero attached hydrogens (tertiary/aromatic N) is 1. The number of hydrogen-bond acceptors (Lipinski definition) is 7. The highest BCUT2D eigenvalue weighted by atomic mass is 16.6. The van der Waals surface area contributed by atoms with Crippen molar-refractivity contribution in [2.45, 2.75) is 0 Å². The number of ketones is 1. The van der Waals surface area contributed by atoms with E-state index in [9.17, 15) is 19.7 Å². The summed E-state index contributed by atoms with van der Waals surface area (Å²) in [4.78, 5) is 36.5. The molecule has 1 aromatic heterocycles. The molecule has 1 heterocycles. The van der Waals surface area contributed by atoms with E-state index in [1.165, 1.54) is 48.6 Å². The fourth-order valence-corrected chi connectivity index (χ4v) is 4.05. The highest BCUT2D eigenvalue weighted by molar-refractivity contribution is 6.10. The molecule has 192 valence electrons. The summed E-state index contributed by atoms with van der Waals surface area (Å²) in [6, 6.07) is 26.6. The second kappa shape index (κ2) is 10.9. The number of carbonyl (C=O) groups excluding carboxylic acids is 2. The molecule has 0 aliphatic rings. The van der Waals surface area contributed by atoms with Gasteiger partial charge in [-0.1, -0.05) is 48.5 Å². The number of hydrogen-bond donors (Lipinski definition) is 0. The topological polar surface area (TPSA) is 109 Å². The number of ether oxygens (including phenoxy) is 2. The van der Waals surface area contributed by atoms with Crippen molar-refractivity contribution in [2.75, 3.05) is 7.11 Å². The fraction of sp³-hybridized carbons (Fsp3) is 0.0323. The third-order valence-corrected chi connectivity index (χ3v) is 5.99. The van der Waals surface area contributed by atoms with Gasteiger partial charge in [0.2, 0.25) is 0 Å². The predicted octanol–water partition coefficient (Wildman–Crippen LogP) is 7.13. The SMILES string of the molecule is COc1ccc2oc(-c3ccccc3)c(C(=O)Oc3ccc(C(=O)C=Cc4cccc([N+](=O)[O-])c4)cc3)c2c1. The monoisotopic (exact) mass is 519 g/mol. The van der Waals surface area contributed by atoms with E-state index in [1.54, 1.807) is 37.4 Å². The Morgan fingerprint density at radius 1 is 0.872 bits per heavy atom. The van der Waals surface area contributed by atoms with Crippen molar-refractivity contribution >= 4 is 34.5 Å². The van der Waals surface area contributed by atoms with E-state index in [2.05, 4.69) is 0 Å². The molecule has 0 saturated heterocycles. The number of rotatable bonds is 8. The molecule has 39 heavy (non-hydrogen) atoms. The maximum Gasteiger partial charge on any atom is 0.348 e. The summed E-state index contributed by atoms with van der Waals surface area (Å²) in [5.74, 6) is 0.263. The van der Waals surface area contributed by atoms with Crippen LogP contribution >= 0.6 is 0 Å². The summed E-state index contributed by atoms with van der Waals surface area (Å²) in [6.07, 6.45) is 2.84. The van der Waals surface area contributed by atoms with E-state index in [4.69, 9.17) is 13.9 Å². The summed E-state index contributed by atoms with van der Waals surface area (Å²) in [6.45, 7) is 0. The lowest BCUT2D eigenvalue weighted by molar-refractivity contribution is -0.384. The van der Waals surface area contributed by atoms with Gasteiger partial charge in [-0.2, -0.15) is 0 Å². The third kappa shape index (κ3) is 5.45. The highest BCUT2D eigenvalue weighted by Gasteiger charge is 2.24. The number of fused-ring (bicyclic) bond motifs is 1. The van der Waals surface area contributed by atoms with Crippen LogP contribution in [0.1, 0.15) is 26.3 Å². The minimum Gasteiger partial charge on any atom is -0.497 e. The number of nitro benzene ring substituents is 1. The predicted molar refractivity (Wildman–Crippen MR) is 146 cm³/mol. The highest BCUT2D eigenvalue weighted by Crippen LogP contribution is 2.36. The average molecular weight is 520 g/mol. The standard InChI is InChI=1S/C31H21NO7/c1-37-25-15-17-28-26(19-25)29(30(39-28)22-7-3-2-4-8-22)31(34)38-24-13-11-21(12-14-24)27(33)16-10-20-6-5-9-23(18-20)32(35)36/h2-19H,1H3. The van der Waals surface area contributed by atoms with Crippen LogP contribution in [-0.2, 0) is 0 Å². The molecule has 4 aromatic carbocycles. The molecule has 8 nitrogen and oxygen atoms in total. The summed E-state index contributed by atoms with van der Waals surface area (Å²) in [5.41, 5.74) is 2.32. The van der Waals surface area contributed by atoms with E-state index >= 15 is 0 Å². The van der Waals surface area contributed by atoms with Gasteiger partial charge in [0.1, 0.15) is 28.4 Å². The third-order valence-electron chi connectivity index (χ3n) is 5.99. The molecule has 0 bridgehead atoms. The quantitative estimate of drug-likeness (QED) is 0.0535. The second-order valence-corrected chi connectivity index (χ2v) is 8.50. The first-order valence-electron chi connectivity index (χ1n) is 11.9. The van der Waals surface area contributed by atoms with Crippen LogP contribution in [-0.4, -0.2) is 23.8 Å². The van der Waals surface area contributed by atoms with Gasteiger partial charge < -0.3 is 13.9 Å². The Morgan fingerprint density at radius 3 is 2.33 bits per heavy atom. The Balaban J connectivity index is 1.38. The lowest BCUT2D eigenvalue weighted by Crippen LogP contribution is -2.09. The maximum absolute atomic E-state index is 13.4. The van der Waals surface area contributed by atoms with Gasteiger partial charge in [-0.05, 0) is 54.1 Å². The van der Waals surface area contributed by atoms with Gasteiger partial charge in [-0.3, -0.25) is 14.9 Å². The Hall–Kier alpha value is -5.50. The van der Waals surface area contributed by atoms with Gasteiger partial charge in [0.05, 0.1) is 12.0 Å². The minimum atomic E-state index is -0.620. The zero-order valence-corrected chi connectivity index (χ0v) is 20.7. The molecule has 5 rings (SSSR count). The number of nitro groups is 1. The zero-order valence-electron chi connectivity index (χ0n) is 20.7. The number of allylic oxidation sites excluding steroid dienone is 1. The minimum absolute atomic E-state index is 0.0602. The van der Waals surface area contributed by atoms with E-state index in [-0.39, 0.29) is 22.8 Å². The Labute approximate surface area is 222 Å². The molecule has 0 fully saturated rings. The van der Waals surface area contributed by atoms with Crippen LogP contribution in [0.4, 0.5) is 5.69 Å². The largest absolute Gasteiger partial charge is 0.497 e. The van der Waals surface area contributed by atoms with Gasteiger partial charge in [-0.25, -0.2) is 4.79 Å². The van der Waals surface area contributed by atoms with Crippen LogP contribution in [0.5, 0.6) is 11.5 Å². The average Bonchev–Trinajstić information content (AvgIpc) is 3.36. The van der Waals surface area contributed by atoms with Crippen molar-refractivity contribution in [3.63, 3.8) is 0 Å². The molecule has 0 saturated carbocycles. The van der Waals surface area contributed by atoms with Crippen molar-refractivity contribution in [3.8, 4) is 22.8 Å². The van der Waals surface area contributed by atoms with Crippen LogP contribution in [0.25, 0.3) is 28.4 Å². The van der Waals surface area contributed by atoms with Crippen LogP contribution in [0, 0.1) is 10.1 Å². The van der Waals surface area contributed by atoms with Crippen molar-refractivity contribution in [3.05, 3.63) is 130 Å². The first-order chi connectivity index (χ1) is 18.9. The van der Waals surface area contributed by atoms with Gasteiger partial charge in [0, 0.05) is 28.6 Å². The summed E-state index contributed by atoms with van der Waals surface area (Å²) >= 11 is 0. The number of methoxy groups -OCH3 is 1. The van der Waals surface area contributed by atoms with Crippen molar-refractivity contribution in [1.29, 1.82) is 0 Å². The van der Waals surface area contributed by atoms with Crippen LogP contribution in [0.3, 0.4) is 0 Å². The van der Waals surface area contributed by atoms with Gasteiger partial charge in [0.15, 0.2) is 5.78 Å². The molecule has 0 spiro atoms. The van der Waals surface area contributed by atoms with Crippen molar-refractivity contribution in [1.82, 2.24) is 0 Å². The molecule has 0 radical (unpaired) electrons. The first-order valence-corrected chi connectivity index (χ1v) is 11.9. The van der Waals surface area contributed by atoms with Crippen LogP contribution in [0.15, 0.2) is 108 Å². The number of esters is 1. The molecule has 0 unspecified atom stereocenters. The van der Waals surface area contributed by atoms with Gasteiger partial charge >= 0.3 is 5.97 Å². The lowest BCUT2D eigenvalue weighted by Gasteiger charge is -2.06. The molecule has 0 N–H and O–H groups in total. The second-order valence-electron chi connectivity index (χ2n) is 8.50. The Bertz CT molecular complexity index is 1720. The fourth-order valence-electron chi connectivity index (χ4n) is 4.05. The zero-order chi connectivity index (χ0) is 27.4. The maximum atomic E-state index is 13.4. The Morgan fingerprint density at radius 2 is 1.62 bits per heavy atom. The van der Waals surface area contributed by atoms with E-state index in [0.717, 1.165) is 5.56 Å². The number of carbonyl (C=O) groups is 2. The summed E-state index contributed by atoms with van der Waals surface area (Å²) in [5, 5.41) is 11.5. The molecule has 0 atom stereocenters.